The first-order valence-electron chi connectivity index (χ1n) is 3.92. The van der Waals surface area contributed by atoms with Gasteiger partial charge in [-0.25, -0.2) is 0 Å². The average molecular weight is 333 g/mol. The molecule has 0 saturated carbocycles. The molecule has 1 amide bonds. The lowest BCUT2D eigenvalue weighted by molar-refractivity contribution is -0.114. The van der Waals surface area contributed by atoms with Crippen LogP contribution in [0.4, 0.5) is 11.4 Å². The van der Waals surface area contributed by atoms with Crippen molar-refractivity contribution in [2.45, 2.75) is 6.92 Å². The maximum atomic E-state index is 10.9. The molecule has 4 nitrogen and oxygen atoms in total. The molecule has 78 valence electrons. The summed E-state index contributed by atoms with van der Waals surface area (Å²) in [6, 6.07) is 3.57. The second-order valence-corrected chi connectivity index (χ2v) is 4.45. The van der Waals surface area contributed by atoms with Crippen molar-refractivity contribution in [3.63, 3.8) is 0 Å². The van der Waals surface area contributed by atoms with Gasteiger partial charge >= 0.3 is 0 Å². The zero-order valence-corrected chi connectivity index (χ0v) is 10.9. The lowest BCUT2D eigenvalue weighted by atomic mass is 10.1. The third-order valence-electron chi connectivity index (χ3n) is 1.68. The molecule has 0 saturated heterocycles. The molecule has 0 spiro atoms. The van der Waals surface area contributed by atoms with E-state index < -0.39 is 0 Å². The van der Waals surface area contributed by atoms with Gasteiger partial charge < -0.3 is 11.1 Å². The van der Waals surface area contributed by atoms with Crippen molar-refractivity contribution in [1.82, 2.24) is 0 Å². The second kappa shape index (κ2) is 4.64. The molecule has 0 radical (unpaired) electrons. The lowest BCUT2D eigenvalue weighted by Crippen LogP contribution is -2.08. The predicted molar refractivity (Wildman–Crippen MR) is 65.3 cm³/mol. The lowest BCUT2D eigenvalue weighted by Gasteiger charge is -2.10. The number of anilines is 2. The molecule has 0 atom stereocenters. The van der Waals surface area contributed by atoms with Crippen LogP contribution in [0.5, 0.6) is 0 Å². The molecule has 15 heavy (non-hydrogen) atoms. The molecule has 0 bridgehead atoms. The van der Waals surface area contributed by atoms with E-state index in [0.29, 0.717) is 25.9 Å². The number of nitrogen functional groups attached to an aromatic ring is 1. The molecule has 0 aliphatic rings. The number of nitriles is 1. The molecule has 0 aliphatic carbocycles. The van der Waals surface area contributed by atoms with Crippen LogP contribution in [0, 0.1) is 11.3 Å². The van der Waals surface area contributed by atoms with Gasteiger partial charge in [0.2, 0.25) is 5.91 Å². The van der Waals surface area contributed by atoms with Gasteiger partial charge in [0.1, 0.15) is 6.07 Å². The van der Waals surface area contributed by atoms with E-state index in [9.17, 15) is 4.79 Å². The second-order valence-electron chi connectivity index (χ2n) is 2.80. The number of benzene rings is 1. The fraction of sp³-hybridized carbons (Fsp3) is 0.111. The summed E-state index contributed by atoms with van der Waals surface area (Å²) in [5.41, 5.74) is 6.87. The van der Waals surface area contributed by atoms with E-state index in [2.05, 4.69) is 37.2 Å². The highest BCUT2D eigenvalue weighted by atomic mass is 79.9. The Morgan fingerprint density at radius 1 is 1.60 bits per heavy atom. The zero-order chi connectivity index (χ0) is 11.6. The maximum Gasteiger partial charge on any atom is 0.221 e. The Hall–Kier alpha value is -1.06. The first-order valence-corrected chi connectivity index (χ1v) is 5.51. The van der Waals surface area contributed by atoms with Crippen LogP contribution in [0.1, 0.15) is 12.5 Å². The van der Waals surface area contributed by atoms with Gasteiger partial charge in [-0.15, -0.1) is 0 Å². The predicted octanol–water partition coefficient (Wildman–Crippen LogP) is 2.62. The summed E-state index contributed by atoms with van der Waals surface area (Å²) in [4.78, 5) is 10.9. The highest BCUT2D eigenvalue weighted by Gasteiger charge is 2.13. The Bertz CT molecular complexity index is 465. The van der Waals surface area contributed by atoms with Crippen molar-refractivity contribution >= 4 is 49.1 Å². The largest absolute Gasteiger partial charge is 0.397 e. The van der Waals surface area contributed by atoms with Gasteiger partial charge in [-0.2, -0.15) is 5.26 Å². The van der Waals surface area contributed by atoms with Crippen LogP contribution >= 0.6 is 31.9 Å². The first-order chi connectivity index (χ1) is 6.97. The summed E-state index contributed by atoms with van der Waals surface area (Å²) >= 11 is 6.44. The van der Waals surface area contributed by atoms with Crippen LogP contribution in [0.25, 0.3) is 0 Å². The van der Waals surface area contributed by atoms with Gasteiger partial charge in [0.05, 0.1) is 21.4 Å². The van der Waals surface area contributed by atoms with Crippen molar-refractivity contribution in [3.05, 3.63) is 20.6 Å². The topological polar surface area (TPSA) is 78.9 Å². The van der Waals surface area contributed by atoms with E-state index in [0.717, 1.165) is 0 Å². The molecule has 3 N–H and O–H groups in total. The van der Waals surface area contributed by atoms with Crippen molar-refractivity contribution in [2.75, 3.05) is 11.1 Å². The SMILES string of the molecule is CC(=O)Nc1cc(Br)c(N)c(Br)c1C#N. The van der Waals surface area contributed by atoms with Crippen LogP contribution < -0.4 is 11.1 Å². The zero-order valence-electron chi connectivity index (χ0n) is 7.77. The molecule has 0 aliphatic heterocycles. The normalized spacial score (nSPS) is 9.47. The summed E-state index contributed by atoms with van der Waals surface area (Å²) in [6.07, 6.45) is 0. The minimum absolute atomic E-state index is 0.241. The van der Waals surface area contributed by atoms with Crippen molar-refractivity contribution in [3.8, 4) is 6.07 Å². The number of carbonyl (C=O) groups is 1. The Morgan fingerprint density at radius 3 is 2.67 bits per heavy atom. The van der Waals surface area contributed by atoms with E-state index in [1.165, 1.54) is 6.92 Å². The minimum Gasteiger partial charge on any atom is -0.397 e. The van der Waals surface area contributed by atoms with Gasteiger partial charge in [-0.3, -0.25) is 4.79 Å². The van der Waals surface area contributed by atoms with E-state index in [1.807, 2.05) is 6.07 Å². The fourth-order valence-corrected chi connectivity index (χ4v) is 2.24. The molecular weight excluding hydrogens is 326 g/mol. The maximum absolute atomic E-state index is 10.9. The van der Waals surface area contributed by atoms with Crippen molar-refractivity contribution in [1.29, 1.82) is 5.26 Å². The van der Waals surface area contributed by atoms with Gasteiger partial charge in [-0.1, -0.05) is 0 Å². The molecule has 0 heterocycles. The quantitative estimate of drug-likeness (QED) is 0.776. The fourth-order valence-electron chi connectivity index (χ4n) is 1.03. The van der Waals surface area contributed by atoms with E-state index in [1.54, 1.807) is 6.07 Å². The number of amides is 1. The molecule has 0 aromatic heterocycles. The number of nitrogens with one attached hydrogen (secondary N) is 1. The average Bonchev–Trinajstić information content (AvgIpc) is 2.14. The van der Waals surface area contributed by atoms with Crippen LogP contribution in [-0.4, -0.2) is 5.91 Å². The standard InChI is InChI=1S/C9H7Br2N3O/c1-4(15)14-7-2-6(10)9(13)8(11)5(7)3-12/h2H,13H2,1H3,(H,14,15). The Morgan fingerprint density at radius 2 is 2.20 bits per heavy atom. The van der Waals surface area contributed by atoms with Crippen molar-refractivity contribution < 1.29 is 4.79 Å². The third-order valence-corrected chi connectivity index (χ3v) is 3.16. The van der Waals surface area contributed by atoms with Crippen LogP contribution in [0.3, 0.4) is 0 Å². The summed E-state index contributed by atoms with van der Waals surface area (Å²) in [6.45, 7) is 1.37. The van der Waals surface area contributed by atoms with Gasteiger partial charge in [0.25, 0.3) is 0 Å². The van der Waals surface area contributed by atoms with E-state index in [-0.39, 0.29) is 5.91 Å². The number of halogens is 2. The number of carbonyl (C=O) groups excluding carboxylic acids is 1. The molecule has 1 aromatic carbocycles. The summed E-state index contributed by atoms with van der Waals surface area (Å²) in [5, 5.41) is 11.5. The molecule has 0 unspecified atom stereocenters. The first kappa shape index (κ1) is 12.0. The number of nitrogens with zero attached hydrogens (tertiary/aromatic N) is 1. The minimum atomic E-state index is -0.241. The molecule has 0 fully saturated rings. The van der Waals surface area contributed by atoms with Crippen LogP contribution in [-0.2, 0) is 4.79 Å². The van der Waals surface area contributed by atoms with Crippen LogP contribution in [0.15, 0.2) is 15.0 Å². The monoisotopic (exact) mass is 331 g/mol. The van der Waals surface area contributed by atoms with Gasteiger partial charge in [-0.05, 0) is 37.9 Å². The Balaban J connectivity index is 3.40. The summed E-state index contributed by atoms with van der Waals surface area (Å²) in [7, 11) is 0. The number of hydrogen-bond donors (Lipinski definition) is 2. The van der Waals surface area contributed by atoms with E-state index in [4.69, 9.17) is 11.0 Å². The van der Waals surface area contributed by atoms with Gasteiger partial charge in [0, 0.05) is 11.4 Å². The third kappa shape index (κ3) is 2.49. The molecular formula is C9H7Br2N3O. The number of rotatable bonds is 1. The highest BCUT2D eigenvalue weighted by molar-refractivity contribution is 9.11. The Labute approximate surface area is 104 Å². The van der Waals surface area contributed by atoms with Gasteiger partial charge in [0.15, 0.2) is 0 Å². The van der Waals surface area contributed by atoms with E-state index >= 15 is 0 Å². The Kier molecular flexibility index (Phi) is 3.72. The smallest absolute Gasteiger partial charge is 0.221 e. The van der Waals surface area contributed by atoms with Crippen molar-refractivity contribution in [2.24, 2.45) is 0 Å². The molecule has 1 rings (SSSR count). The molecule has 1 aromatic rings. The number of hydrogen-bond acceptors (Lipinski definition) is 3. The summed E-state index contributed by atoms with van der Waals surface area (Å²) in [5.74, 6) is -0.241. The summed E-state index contributed by atoms with van der Waals surface area (Å²) < 4.78 is 1.10. The highest BCUT2D eigenvalue weighted by Crippen LogP contribution is 2.36. The molecule has 6 heteroatoms. The number of nitrogens with two attached hydrogens (primary N) is 1. The van der Waals surface area contributed by atoms with Crippen LogP contribution in [0.2, 0.25) is 0 Å².